The molecule has 0 aromatic heterocycles. The van der Waals surface area contributed by atoms with Crippen molar-refractivity contribution in [2.24, 2.45) is 0 Å². The molecule has 0 radical (unpaired) electrons. The fourth-order valence-corrected chi connectivity index (χ4v) is 3.41. The summed E-state index contributed by atoms with van der Waals surface area (Å²) in [5.74, 6) is 0. The largest absolute Gasteiger partial charge is 0.396 e. The lowest BCUT2D eigenvalue weighted by molar-refractivity contribution is -0.250. The number of ether oxygens (including phenoxy) is 5. The average molecular weight is 303 g/mol. The van der Waals surface area contributed by atoms with Crippen LogP contribution in [0.25, 0.3) is 0 Å². The third-order valence-corrected chi connectivity index (χ3v) is 4.39. The summed E-state index contributed by atoms with van der Waals surface area (Å²) in [6.07, 6.45) is 0.640. The highest BCUT2D eigenvalue weighted by Crippen LogP contribution is 2.37. The van der Waals surface area contributed by atoms with Crippen LogP contribution in [0.5, 0.6) is 0 Å². The van der Waals surface area contributed by atoms with Crippen LogP contribution < -0.4 is 0 Å². The maximum Gasteiger partial charge on any atom is 0.197 e. The molecule has 3 aliphatic rings. The Balaban J connectivity index is 1.64. The van der Waals surface area contributed by atoms with Gasteiger partial charge in [0.15, 0.2) is 18.8 Å². The summed E-state index contributed by atoms with van der Waals surface area (Å²) < 4.78 is 28.7. The van der Waals surface area contributed by atoms with Crippen molar-refractivity contribution in [3.05, 3.63) is 0 Å². The van der Waals surface area contributed by atoms with Gasteiger partial charge in [0.05, 0.1) is 19.3 Å². The standard InChI is InChI=1S/C14H25NO6/c1-9-12-10(8-11(20-9)18-6-3-5-16)15-4-7-19-14(17-2)13(15)21-12/h9-14,16H,3-8H2,1-2H3/t9-,10-,11+,12+,13+,14-/m0/s1. The molecule has 0 aromatic carbocycles. The number of hydrogen-bond acceptors (Lipinski definition) is 7. The second-order valence-corrected chi connectivity index (χ2v) is 5.73. The van der Waals surface area contributed by atoms with Gasteiger partial charge in [-0.25, -0.2) is 0 Å². The highest BCUT2D eigenvalue weighted by atomic mass is 16.7. The van der Waals surface area contributed by atoms with E-state index in [1.807, 2.05) is 6.92 Å². The van der Waals surface area contributed by atoms with Crippen LogP contribution in [0.1, 0.15) is 19.8 Å². The molecule has 21 heavy (non-hydrogen) atoms. The van der Waals surface area contributed by atoms with Gasteiger partial charge in [0, 0.05) is 32.7 Å². The van der Waals surface area contributed by atoms with E-state index in [1.165, 1.54) is 0 Å². The number of aliphatic hydroxyl groups excluding tert-OH is 1. The van der Waals surface area contributed by atoms with Crippen LogP contribution in [0.4, 0.5) is 0 Å². The van der Waals surface area contributed by atoms with Crippen LogP contribution in [0.2, 0.25) is 0 Å². The SMILES string of the molecule is CO[C@H]1OCCN2[C@@H]1O[C@@H]1[C@H](C)O[C@@H](OCCCO)C[C@@H]12. The zero-order valence-corrected chi connectivity index (χ0v) is 12.6. The van der Waals surface area contributed by atoms with Crippen LogP contribution in [-0.2, 0) is 23.7 Å². The Morgan fingerprint density at radius 2 is 2.19 bits per heavy atom. The first-order valence-corrected chi connectivity index (χ1v) is 7.68. The molecule has 6 atom stereocenters. The maximum atomic E-state index is 8.83. The van der Waals surface area contributed by atoms with Crippen LogP contribution in [0, 0.1) is 0 Å². The van der Waals surface area contributed by atoms with Crippen molar-refractivity contribution >= 4 is 0 Å². The Bertz CT molecular complexity index is 343. The van der Waals surface area contributed by atoms with Gasteiger partial charge in [-0.2, -0.15) is 0 Å². The molecule has 3 aliphatic heterocycles. The molecular weight excluding hydrogens is 278 g/mol. The summed E-state index contributed by atoms with van der Waals surface area (Å²) in [7, 11) is 1.64. The van der Waals surface area contributed by atoms with Gasteiger partial charge >= 0.3 is 0 Å². The molecule has 0 saturated carbocycles. The number of aliphatic hydroxyl groups is 1. The number of rotatable bonds is 5. The molecule has 7 heteroatoms. The summed E-state index contributed by atoms with van der Waals surface area (Å²) >= 11 is 0. The zero-order valence-electron chi connectivity index (χ0n) is 12.6. The minimum atomic E-state index is -0.342. The van der Waals surface area contributed by atoms with Crippen molar-refractivity contribution < 1.29 is 28.8 Å². The van der Waals surface area contributed by atoms with Crippen LogP contribution in [0.15, 0.2) is 0 Å². The van der Waals surface area contributed by atoms with Crippen LogP contribution in [0.3, 0.4) is 0 Å². The van der Waals surface area contributed by atoms with Crippen molar-refractivity contribution in [2.75, 3.05) is 33.5 Å². The Labute approximate surface area is 125 Å². The second kappa shape index (κ2) is 6.87. The molecule has 0 aromatic rings. The number of fused-ring (bicyclic) bond motifs is 3. The molecule has 3 heterocycles. The molecule has 0 bridgehead atoms. The first kappa shape index (κ1) is 15.6. The molecular formula is C14H25NO6. The zero-order chi connectivity index (χ0) is 14.8. The fourth-order valence-electron chi connectivity index (χ4n) is 3.41. The van der Waals surface area contributed by atoms with E-state index in [-0.39, 0.29) is 43.7 Å². The lowest BCUT2D eigenvalue weighted by Crippen LogP contribution is -2.54. The van der Waals surface area contributed by atoms with Crippen molar-refractivity contribution in [1.29, 1.82) is 0 Å². The van der Waals surface area contributed by atoms with Crippen molar-refractivity contribution in [3.8, 4) is 0 Å². The van der Waals surface area contributed by atoms with Crippen molar-refractivity contribution in [1.82, 2.24) is 4.90 Å². The predicted molar refractivity (Wildman–Crippen MR) is 72.5 cm³/mol. The van der Waals surface area contributed by atoms with Gasteiger partial charge in [-0.05, 0) is 13.3 Å². The van der Waals surface area contributed by atoms with Gasteiger partial charge in [0.2, 0.25) is 0 Å². The maximum absolute atomic E-state index is 8.83. The van der Waals surface area contributed by atoms with Gasteiger partial charge in [0.25, 0.3) is 0 Å². The van der Waals surface area contributed by atoms with Gasteiger partial charge in [0.1, 0.15) is 6.10 Å². The summed E-state index contributed by atoms with van der Waals surface area (Å²) in [6, 6.07) is 0.263. The summed E-state index contributed by atoms with van der Waals surface area (Å²) in [5.41, 5.74) is 0. The Morgan fingerprint density at radius 1 is 1.33 bits per heavy atom. The molecule has 0 aliphatic carbocycles. The smallest absolute Gasteiger partial charge is 0.197 e. The predicted octanol–water partition coefficient (Wildman–Crippen LogP) is -0.0815. The summed E-state index contributed by atoms with van der Waals surface area (Å²) in [4.78, 5) is 2.31. The topological polar surface area (TPSA) is 69.6 Å². The first-order valence-electron chi connectivity index (χ1n) is 7.68. The molecule has 3 fully saturated rings. The Kier molecular flexibility index (Phi) is 5.11. The van der Waals surface area contributed by atoms with Gasteiger partial charge in [-0.15, -0.1) is 0 Å². The first-order chi connectivity index (χ1) is 10.2. The molecule has 0 unspecified atom stereocenters. The number of morpholine rings is 1. The molecule has 0 amide bonds. The Hall–Kier alpha value is -0.280. The van der Waals surface area contributed by atoms with Gasteiger partial charge < -0.3 is 28.8 Å². The molecule has 1 N–H and O–H groups in total. The van der Waals surface area contributed by atoms with E-state index in [2.05, 4.69) is 4.90 Å². The highest BCUT2D eigenvalue weighted by Gasteiger charge is 2.53. The van der Waals surface area contributed by atoms with Crippen LogP contribution >= 0.6 is 0 Å². The van der Waals surface area contributed by atoms with E-state index >= 15 is 0 Å². The third kappa shape index (κ3) is 3.10. The third-order valence-electron chi connectivity index (χ3n) is 4.39. The monoisotopic (exact) mass is 303 g/mol. The minimum Gasteiger partial charge on any atom is -0.396 e. The molecule has 7 nitrogen and oxygen atoms in total. The lowest BCUT2D eigenvalue weighted by Gasteiger charge is -2.40. The Morgan fingerprint density at radius 3 is 2.95 bits per heavy atom. The normalized spacial score (nSPS) is 43.6. The molecule has 3 saturated heterocycles. The number of hydrogen-bond donors (Lipinski definition) is 1. The van der Waals surface area contributed by atoms with Crippen molar-refractivity contribution in [3.63, 3.8) is 0 Å². The van der Waals surface area contributed by atoms with Crippen molar-refractivity contribution in [2.45, 2.75) is 56.8 Å². The van der Waals surface area contributed by atoms with E-state index in [4.69, 9.17) is 28.8 Å². The van der Waals surface area contributed by atoms with Gasteiger partial charge in [-0.3, -0.25) is 4.90 Å². The highest BCUT2D eigenvalue weighted by molar-refractivity contribution is 4.97. The fraction of sp³-hybridized carbons (Fsp3) is 1.00. The minimum absolute atomic E-state index is 0.0204. The molecule has 3 rings (SSSR count). The van der Waals surface area contributed by atoms with E-state index in [0.717, 1.165) is 13.0 Å². The molecule has 122 valence electrons. The number of methoxy groups -OCH3 is 1. The molecule has 0 spiro atoms. The lowest BCUT2D eigenvalue weighted by atomic mass is 9.99. The average Bonchev–Trinajstić information content (AvgIpc) is 2.87. The van der Waals surface area contributed by atoms with E-state index in [0.29, 0.717) is 19.6 Å². The summed E-state index contributed by atoms with van der Waals surface area (Å²) in [6.45, 7) is 4.15. The van der Waals surface area contributed by atoms with E-state index < -0.39 is 0 Å². The van der Waals surface area contributed by atoms with Crippen LogP contribution in [-0.4, -0.2) is 80.5 Å². The summed E-state index contributed by atoms with van der Waals surface area (Å²) in [5, 5.41) is 8.83. The number of nitrogens with zero attached hydrogens (tertiary/aromatic N) is 1. The van der Waals surface area contributed by atoms with E-state index in [1.54, 1.807) is 7.11 Å². The quantitative estimate of drug-likeness (QED) is 0.712. The van der Waals surface area contributed by atoms with Gasteiger partial charge in [-0.1, -0.05) is 0 Å². The van der Waals surface area contributed by atoms with E-state index in [9.17, 15) is 0 Å². The second-order valence-electron chi connectivity index (χ2n) is 5.73.